The molecule has 0 aromatic heterocycles. The molecule has 1 aromatic rings. The summed E-state index contributed by atoms with van der Waals surface area (Å²) in [4.78, 5) is 49.4. The molecular formula is C37H54O15Si. The Bertz CT molecular complexity index is 1530. The van der Waals surface area contributed by atoms with Gasteiger partial charge in [0.05, 0.1) is 19.3 Å². The van der Waals surface area contributed by atoms with Gasteiger partial charge < -0.3 is 51.8 Å². The molecule has 10 unspecified atom stereocenters. The van der Waals surface area contributed by atoms with E-state index in [1.54, 1.807) is 46.9 Å². The molecule has 3 fully saturated rings. The van der Waals surface area contributed by atoms with Crippen LogP contribution in [0.1, 0.15) is 74.8 Å². The Hall–Kier alpha value is -3.54. The van der Waals surface area contributed by atoms with Crippen LogP contribution < -0.4 is 9.16 Å². The van der Waals surface area contributed by atoms with Gasteiger partial charge in [0, 0.05) is 26.8 Å². The van der Waals surface area contributed by atoms with Crippen molar-refractivity contribution < 1.29 is 71.0 Å². The third kappa shape index (κ3) is 10.4. The summed E-state index contributed by atoms with van der Waals surface area (Å²) in [5.74, 6) is -2.74. The second-order valence-electron chi connectivity index (χ2n) is 15.3. The van der Waals surface area contributed by atoms with Crippen molar-refractivity contribution in [1.29, 1.82) is 0 Å². The zero-order chi connectivity index (χ0) is 39.6. The molecule has 0 radical (unpaired) electrons. The van der Waals surface area contributed by atoms with Crippen LogP contribution in [-0.4, -0.2) is 107 Å². The summed E-state index contributed by atoms with van der Waals surface area (Å²) >= 11 is 0. The van der Waals surface area contributed by atoms with Gasteiger partial charge in [-0.05, 0) is 69.6 Å². The minimum absolute atomic E-state index is 0.00759. The topological polar surface area (TPSA) is 170 Å². The SMILES string of the molecule is COc1cc(/C=C/C(=O)OC2OC(C)C(OC3OC(C)C(OC(C)=O)C(OC(C)=O)C3OC(C)=O)C3OC(C)(C)OC23)ccc1O[Si](C)(C)C(C)(C)C. The number of carbonyl (C=O) groups is 4. The molecule has 3 saturated heterocycles. The summed E-state index contributed by atoms with van der Waals surface area (Å²) in [6.45, 7) is 21.0. The van der Waals surface area contributed by atoms with Crippen molar-refractivity contribution in [2.24, 2.45) is 0 Å². The van der Waals surface area contributed by atoms with E-state index in [1.165, 1.54) is 26.8 Å². The quantitative estimate of drug-likeness (QED) is 0.130. The van der Waals surface area contributed by atoms with Crippen LogP contribution in [-0.2, 0) is 61.8 Å². The van der Waals surface area contributed by atoms with Gasteiger partial charge in [0.1, 0.15) is 18.0 Å². The van der Waals surface area contributed by atoms with Crippen LogP contribution in [0.2, 0.25) is 18.1 Å². The van der Waals surface area contributed by atoms with E-state index < -0.39 is 99.4 Å². The normalized spacial score (nSPS) is 31.3. The number of carbonyl (C=O) groups excluding carboxylic acids is 4. The molecule has 3 aliphatic heterocycles. The highest BCUT2D eigenvalue weighted by Gasteiger charge is 2.59. The molecular weight excluding hydrogens is 712 g/mol. The minimum atomic E-state index is -2.13. The highest BCUT2D eigenvalue weighted by Crippen LogP contribution is 2.42. The maximum atomic E-state index is 13.2. The number of rotatable bonds is 11. The van der Waals surface area contributed by atoms with Crippen molar-refractivity contribution in [2.45, 2.75) is 155 Å². The maximum absolute atomic E-state index is 13.2. The average Bonchev–Trinajstić information content (AvgIpc) is 3.36. The van der Waals surface area contributed by atoms with Gasteiger partial charge in [0.2, 0.25) is 6.29 Å². The van der Waals surface area contributed by atoms with E-state index in [1.807, 2.05) is 12.1 Å². The highest BCUT2D eigenvalue weighted by molar-refractivity contribution is 6.74. The molecule has 53 heavy (non-hydrogen) atoms. The predicted octanol–water partition coefficient (Wildman–Crippen LogP) is 4.83. The highest BCUT2D eigenvalue weighted by atomic mass is 28.4. The fourth-order valence-corrected chi connectivity index (χ4v) is 7.08. The van der Waals surface area contributed by atoms with E-state index in [9.17, 15) is 19.2 Å². The molecule has 4 rings (SSSR count). The Morgan fingerprint density at radius 1 is 0.755 bits per heavy atom. The van der Waals surface area contributed by atoms with E-state index in [4.69, 9.17) is 51.8 Å². The van der Waals surface area contributed by atoms with E-state index in [2.05, 4.69) is 33.9 Å². The first-order chi connectivity index (χ1) is 24.5. The van der Waals surface area contributed by atoms with Gasteiger partial charge in [-0.2, -0.15) is 0 Å². The number of ether oxygens (including phenoxy) is 10. The van der Waals surface area contributed by atoms with Crippen molar-refractivity contribution in [3.05, 3.63) is 29.8 Å². The zero-order valence-electron chi connectivity index (χ0n) is 32.8. The summed E-state index contributed by atoms with van der Waals surface area (Å²) in [6, 6.07) is 5.41. The summed E-state index contributed by atoms with van der Waals surface area (Å²) in [6.07, 6.45) is -7.74. The monoisotopic (exact) mass is 766 g/mol. The lowest BCUT2D eigenvalue weighted by Crippen LogP contribution is -2.64. The van der Waals surface area contributed by atoms with Crippen molar-refractivity contribution in [3.8, 4) is 11.5 Å². The number of methoxy groups -OCH3 is 1. The lowest BCUT2D eigenvalue weighted by molar-refractivity contribution is -0.340. The molecule has 0 spiro atoms. The molecule has 0 N–H and O–H groups in total. The van der Waals surface area contributed by atoms with Gasteiger partial charge in [-0.3, -0.25) is 14.4 Å². The third-order valence-corrected chi connectivity index (χ3v) is 13.8. The van der Waals surface area contributed by atoms with Gasteiger partial charge >= 0.3 is 23.9 Å². The van der Waals surface area contributed by atoms with Crippen LogP contribution in [0.3, 0.4) is 0 Å². The second-order valence-corrected chi connectivity index (χ2v) is 20.1. The first-order valence-corrected chi connectivity index (χ1v) is 20.5. The lowest BCUT2D eigenvalue weighted by Gasteiger charge is -2.46. The molecule has 296 valence electrons. The number of hydrogen-bond donors (Lipinski definition) is 0. The molecule has 15 nitrogen and oxygen atoms in total. The zero-order valence-corrected chi connectivity index (χ0v) is 33.8. The van der Waals surface area contributed by atoms with E-state index in [0.29, 0.717) is 17.1 Å². The minimum Gasteiger partial charge on any atom is -0.541 e. The fraction of sp³-hybridized carbons (Fsp3) is 0.676. The summed E-state index contributed by atoms with van der Waals surface area (Å²) < 4.78 is 65.2. The first-order valence-electron chi connectivity index (χ1n) is 17.6. The molecule has 1 aromatic carbocycles. The van der Waals surface area contributed by atoms with Gasteiger partial charge in [0.25, 0.3) is 8.32 Å². The van der Waals surface area contributed by atoms with Gasteiger partial charge in [0.15, 0.2) is 42.2 Å². The van der Waals surface area contributed by atoms with Crippen LogP contribution in [0.25, 0.3) is 6.08 Å². The Morgan fingerprint density at radius 3 is 1.89 bits per heavy atom. The fourth-order valence-electron chi connectivity index (χ4n) is 6.05. The van der Waals surface area contributed by atoms with E-state index >= 15 is 0 Å². The molecule has 0 bridgehead atoms. The van der Waals surface area contributed by atoms with Crippen molar-refractivity contribution in [1.82, 2.24) is 0 Å². The van der Waals surface area contributed by atoms with Gasteiger partial charge in [-0.25, -0.2) is 4.79 Å². The van der Waals surface area contributed by atoms with Crippen molar-refractivity contribution in [3.63, 3.8) is 0 Å². The van der Waals surface area contributed by atoms with Crippen LogP contribution in [0.4, 0.5) is 0 Å². The molecule has 0 amide bonds. The summed E-state index contributed by atoms with van der Waals surface area (Å²) in [5.41, 5.74) is 0.680. The molecule has 3 aliphatic rings. The number of fused-ring (bicyclic) bond motifs is 1. The Morgan fingerprint density at radius 2 is 1.30 bits per heavy atom. The molecule has 0 aliphatic carbocycles. The third-order valence-electron chi connectivity index (χ3n) is 9.49. The van der Waals surface area contributed by atoms with Crippen LogP contribution in [0.5, 0.6) is 11.5 Å². The number of hydrogen-bond acceptors (Lipinski definition) is 15. The van der Waals surface area contributed by atoms with Crippen LogP contribution in [0.15, 0.2) is 24.3 Å². The average molecular weight is 767 g/mol. The summed E-state index contributed by atoms with van der Waals surface area (Å²) in [5, 5.41) is -0.00759. The largest absolute Gasteiger partial charge is 0.541 e. The first kappa shape index (κ1) is 42.2. The smallest absolute Gasteiger partial charge is 0.333 e. The Balaban J connectivity index is 1.51. The van der Waals surface area contributed by atoms with Crippen LogP contribution >= 0.6 is 0 Å². The second kappa shape index (κ2) is 16.4. The van der Waals surface area contributed by atoms with Crippen LogP contribution in [0, 0.1) is 0 Å². The number of esters is 4. The Labute approximate surface area is 311 Å². The van der Waals surface area contributed by atoms with E-state index in [-0.39, 0.29) is 5.04 Å². The summed E-state index contributed by atoms with van der Waals surface area (Å²) in [7, 11) is -0.565. The van der Waals surface area contributed by atoms with Gasteiger partial charge in [-0.1, -0.05) is 26.8 Å². The molecule has 16 heteroatoms. The predicted molar refractivity (Wildman–Crippen MR) is 190 cm³/mol. The Kier molecular flexibility index (Phi) is 13.1. The standard InChI is InChI=1S/C37H54O15Si/c1-19-28(45-21(3)38)30(46-22(4)39)32(47-23(5)40)34(43-19)49-29-20(2)44-35(33-31(29)50-37(9,10)51-33)48-27(41)17-15-24-14-16-25(26(18-24)42-11)52-53(12,13)36(6,7)8/h14-20,28-35H,1-13H3/b17-15+. The molecule has 0 saturated carbocycles. The number of benzene rings is 1. The lowest BCUT2D eigenvalue weighted by atomic mass is 9.97. The molecule has 3 heterocycles. The van der Waals surface area contributed by atoms with Crippen molar-refractivity contribution >= 4 is 38.3 Å². The maximum Gasteiger partial charge on any atom is 0.333 e. The van der Waals surface area contributed by atoms with Crippen molar-refractivity contribution in [2.75, 3.05) is 7.11 Å². The van der Waals surface area contributed by atoms with Gasteiger partial charge in [-0.15, -0.1) is 0 Å². The molecule has 10 atom stereocenters. The van der Waals surface area contributed by atoms with E-state index in [0.717, 1.165) is 0 Å².